The minimum atomic E-state index is -0.771. The van der Waals surface area contributed by atoms with Gasteiger partial charge in [-0.2, -0.15) is 0 Å². The molecular weight excluding hydrogens is 416 g/mol. The molecule has 2 heterocycles. The van der Waals surface area contributed by atoms with E-state index < -0.39 is 11.0 Å². The molecule has 164 valence electrons. The number of allylic oxidation sites excluding steroid dienone is 7. The van der Waals surface area contributed by atoms with E-state index in [1.54, 1.807) is 42.5 Å². The molecular formula is C28H22O5. The predicted molar refractivity (Wildman–Crippen MR) is 127 cm³/mol. The Morgan fingerprint density at radius 2 is 1.67 bits per heavy atom. The summed E-state index contributed by atoms with van der Waals surface area (Å²) in [4.78, 5) is 25.3. The van der Waals surface area contributed by atoms with Crippen LogP contribution in [0.15, 0.2) is 99.5 Å². The molecule has 1 N–H and O–H groups in total. The molecule has 2 aliphatic rings. The molecule has 2 aromatic carbocycles. The highest BCUT2D eigenvalue weighted by Crippen LogP contribution is 2.43. The number of hydrogen-bond donors (Lipinski definition) is 1. The van der Waals surface area contributed by atoms with Crippen molar-refractivity contribution in [2.45, 2.75) is 25.7 Å². The van der Waals surface area contributed by atoms with Gasteiger partial charge in [-0.25, -0.2) is 4.79 Å². The molecule has 3 aromatic rings. The lowest BCUT2D eigenvalue weighted by Crippen LogP contribution is -2.26. The number of hydrogen-bond acceptors (Lipinski definition) is 5. The number of aromatic hydroxyl groups is 1. The number of benzene rings is 2. The summed E-state index contributed by atoms with van der Waals surface area (Å²) in [6.45, 7) is 3.79. The Morgan fingerprint density at radius 3 is 2.48 bits per heavy atom. The first-order chi connectivity index (χ1) is 15.8. The Bertz CT molecular complexity index is 1480. The maximum atomic E-state index is 12.9. The normalized spacial score (nSPS) is 17.6. The summed E-state index contributed by atoms with van der Waals surface area (Å²) in [5, 5.41) is 11.5. The number of ketones is 1. The van der Waals surface area contributed by atoms with Gasteiger partial charge >= 0.3 is 5.63 Å². The zero-order valence-corrected chi connectivity index (χ0v) is 18.3. The topological polar surface area (TPSA) is 76.7 Å². The summed E-state index contributed by atoms with van der Waals surface area (Å²) in [7, 11) is 0. The van der Waals surface area contributed by atoms with Crippen LogP contribution in [0.25, 0.3) is 16.5 Å². The van der Waals surface area contributed by atoms with Crippen molar-refractivity contribution in [3.8, 4) is 11.5 Å². The van der Waals surface area contributed by atoms with E-state index in [9.17, 15) is 14.7 Å². The molecule has 0 spiro atoms. The minimum Gasteiger partial charge on any atom is -0.507 e. The SMILES string of the molecule is CC(C)(CC1=C/C(=C2/C=CC=CC2=O)Oc2ccccc21)c1c(O)c2ccccc2oc1=O. The number of para-hydroxylation sites is 2. The van der Waals surface area contributed by atoms with E-state index in [0.29, 0.717) is 34.5 Å². The van der Waals surface area contributed by atoms with Gasteiger partial charge in [0.2, 0.25) is 0 Å². The van der Waals surface area contributed by atoms with Crippen molar-refractivity contribution in [3.05, 3.63) is 112 Å². The second kappa shape index (κ2) is 7.78. The monoisotopic (exact) mass is 438 g/mol. The highest BCUT2D eigenvalue weighted by atomic mass is 16.5. The summed E-state index contributed by atoms with van der Waals surface area (Å²) < 4.78 is 11.6. The minimum absolute atomic E-state index is 0.0677. The number of carbonyl (C=O) groups is 1. The third kappa shape index (κ3) is 3.61. The van der Waals surface area contributed by atoms with E-state index in [1.165, 1.54) is 6.08 Å². The largest absolute Gasteiger partial charge is 0.507 e. The first kappa shape index (κ1) is 20.8. The molecule has 0 radical (unpaired) electrons. The van der Waals surface area contributed by atoms with Crippen molar-refractivity contribution in [2.24, 2.45) is 0 Å². The van der Waals surface area contributed by atoms with Crippen LogP contribution in [0.5, 0.6) is 11.5 Å². The lowest BCUT2D eigenvalue weighted by Gasteiger charge is -2.29. The van der Waals surface area contributed by atoms with Crippen LogP contribution >= 0.6 is 0 Å². The molecule has 1 aromatic heterocycles. The fourth-order valence-corrected chi connectivity index (χ4v) is 4.45. The van der Waals surface area contributed by atoms with Gasteiger partial charge in [0.1, 0.15) is 22.8 Å². The Labute approximate surface area is 190 Å². The smallest absolute Gasteiger partial charge is 0.343 e. The van der Waals surface area contributed by atoms with E-state index in [1.807, 2.05) is 44.2 Å². The van der Waals surface area contributed by atoms with Gasteiger partial charge in [-0.05, 0) is 48.4 Å². The van der Waals surface area contributed by atoms with Crippen LogP contribution in [-0.2, 0) is 10.2 Å². The van der Waals surface area contributed by atoms with Gasteiger partial charge in [-0.15, -0.1) is 0 Å². The first-order valence-corrected chi connectivity index (χ1v) is 10.7. The van der Waals surface area contributed by atoms with Crippen LogP contribution in [0, 0.1) is 0 Å². The maximum Gasteiger partial charge on any atom is 0.343 e. The summed E-state index contributed by atoms with van der Waals surface area (Å²) >= 11 is 0. The lowest BCUT2D eigenvalue weighted by molar-refractivity contribution is -0.111. The second-order valence-electron chi connectivity index (χ2n) is 8.80. The third-order valence-electron chi connectivity index (χ3n) is 6.01. The molecule has 0 atom stereocenters. The Hall–Kier alpha value is -4.12. The zero-order valence-electron chi connectivity index (χ0n) is 18.3. The average molecular weight is 438 g/mol. The number of ether oxygens (including phenoxy) is 1. The van der Waals surface area contributed by atoms with Gasteiger partial charge in [0.25, 0.3) is 0 Å². The predicted octanol–water partition coefficient (Wildman–Crippen LogP) is 5.59. The highest BCUT2D eigenvalue weighted by molar-refractivity contribution is 6.08. The molecule has 1 aliphatic carbocycles. The van der Waals surface area contributed by atoms with Crippen molar-refractivity contribution in [1.29, 1.82) is 0 Å². The van der Waals surface area contributed by atoms with Crippen LogP contribution in [0.4, 0.5) is 0 Å². The second-order valence-corrected chi connectivity index (χ2v) is 8.80. The first-order valence-electron chi connectivity index (χ1n) is 10.7. The van der Waals surface area contributed by atoms with Crippen molar-refractivity contribution in [1.82, 2.24) is 0 Å². The standard InChI is InChI=1S/C28H22O5/c1-28(2,25-26(30)20-11-5-8-14-23(20)33-27(25)31)16-17-15-24(19-10-3-6-12-21(19)29)32-22-13-7-4-9-18(17)22/h3-15,30H,16H2,1-2H3/b24-19+. The molecule has 0 saturated carbocycles. The number of rotatable bonds is 3. The van der Waals surface area contributed by atoms with Crippen LogP contribution in [0.1, 0.15) is 31.4 Å². The molecule has 5 heteroatoms. The van der Waals surface area contributed by atoms with Gasteiger partial charge in [-0.3, -0.25) is 4.79 Å². The molecule has 0 bridgehead atoms. The zero-order chi connectivity index (χ0) is 23.2. The maximum absolute atomic E-state index is 12.9. The number of carbonyl (C=O) groups excluding carboxylic acids is 1. The van der Waals surface area contributed by atoms with Crippen LogP contribution in [0.3, 0.4) is 0 Å². The van der Waals surface area contributed by atoms with Gasteiger partial charge in [0, 0.05) is 11.0 Å². The van der Waals surface area contributed by atoms with Gasteiger partial charge in [0.15, 0.2) is 5.78 Å². The van der Waals surface area contributed by atoms with E-state index in [4.69, 9.17) is 9.15 Å². The summed E-state index contributed by atoms with van der Waals surface area (Å²) in [5.74, 6) is 0.898. The van der Waals surface area contributed by atoms with Gasteiger partial charge in [-0.1, -0.05) is 56.3 Å². The van der Waals surface area contributed by atoms with Crippen LogP contribution < -0.4 is 10.4 Å². The summed E-state index contributed by atoms with van der Waals surface area (Å²) in [6.07, 6.45) is 8.98. The van der Waals surface area contributed by atoms with E-state index in [-0.39, 0.29) is 17.1 Å². The van der Waals surface area contributed by atoms with Crippen molar-refractivity contribution >= 4 is 22.3 Å². The average Bonchev–Trinajstić information content (AvgIpc) is 2.79. The van der Waals surface area contributed by atoms with Crippen LogP contribution in [0.2, 0.25) is 0 Å². The quantitative estimate of drug-likeness (QED) is 0.426. The molecule has 1 aliphatic heterocycles. The summed E-state index contributed by atoms with van der Waals surface area (Å²) in [6, 6.07) is 14.5. The highest BCUT2D eigenvalue weighted by Gasteiger charge is 2.33. The molecule has 0 fully saturated rings. The van der Waals surface area contributed by atoms with Crippen molar-refractivity contribution in [2.75, 3.05) is 0 Å². The van der Waals surface area contributed by atoms with Crippen LogP contribution in [-0.4, -0.2) is 10.9 Å². The van der Waals surface area contributed by atoms with E-state index in [0.717, 1.165) is 11.1 Å². The summed E-state index contributed by atoms with van der Waals surface area (Å²) in [5.41, 5.74) is 1.47. The van der Waals surface area contributed by atoms with E-state index >= 15 is 0 Å². The fourth-order valence-electron chi connectivity index (χ4n) is 4.45. The van der Waals surface area contributed by atoms with Gasteiger partial charge in [0.05, 0.1) is 16.5 Å². The molecule has 33 heavy (non-hydrogen) atoms. The Morgan fingerprint density at radius 1 is 0.939 bits per heavy atom. The van der Waals surface area contributed by atoms with Gasteiger partial charge < -0.3 is 14.3 Å². The molecule has 0 saturated heterocycles. The molecule has 5 nitrogen and oxygen atoms in total. The molecule has 0 unspecified atom stereocenters. The Balaban J connectivity index is 1.64. The van der Waals surface area contributed by atoms with E-state index in [2.05, 4.69) is 0 Å². The third-order valence-corrected chi connectivity index (χ3v) is 6.01. The lowest BCUT2D eigenvalue weighted by atomic mass is 9.76. The fraction of sp³-hybridized carbons (Fsp3) is 0.143. The number of fused-ring (bicyclic) bond motifs is 2. The van der Waals surface area contributed by atoms with Crippen molar-refractivity contribution in [3.63, 3.8) is 0 Å². The molecule has 5 rings (SSSR count). The van der Waals surface area contributed by atoms with Crippen molar-refractivity contribution < 1.29 is 19.1 Å². The molecule has 0 amide bonds. The Kier molecular flexibility index (Phi) is 4.90.